The Kier molecular flexibility index (Phi) is 3.38. The summed E-state index contributed by atoms with van der Waals surface area (Å²) in [4.78, 5) is 33.4. The predicted molar refractivity (Wildman–Crippen MR) is 95.6 cm³/mol. The lowest BCUT2D eigenvalue weighted by atomic mass is 10.0. The summed E-state index contributed by atoms with van der Waals surface area (Å²) in [5.41, 5.74) is 3.58. The topological polar surface area (TPSA) is 76.9 Å². The summed E-state index contributed by atoms with van der Waals surface area (Å²) in [6, 6.07) is 9.49. The van der Waals surface area contributed by atoms with Crippen molar-refractivity contribution in [3.05, 3.63) is 59.7 Å². The molecule has 6 heteroatoms. The van der Waals surface area contributed by atoms with E-state index in [2.05, 4.69) is 14.9 Å². The van der Waals surface area contributed by atoms with Crippen LogP contribution in [0.3, 0.4) is 0 Å². The van der Waals surface area contributed by atoms with Gasteiger partial charge in [-0.25, -0.2) is 4.98 Å². The summed E-state index contributed by atoms with van der Waals surface area (Å²) < 4.78 is 2.15. The highest BCUT2D eigenvalue weighted by Gasteiger charge is 2.47. The molecule has 1 N–H and O–H groups in total. The van der Waals surface area contributed by atoms with E-state index >= 15 is 0 Å². The van der Waals surface area contributed by atoms with Gasteiger partial charge in [0.05, 0.1) is 11.0 Å². The first kappa shape index (κ1) is 15.3. The van der Waals surface area contributed by atoms with Crippen LogP contribution in [0.2, 0.25) is 0 Å². The molecule has 1 aliphatic carbocycles. The van der Waals surface area contributed by atoms with Crippen molar-refractivity contribution in [3.8, 4) is 0 Å². The van der Waals surface area contributed by atoms with Gasteiger partial charge < -0.3 is 9.88 Å². The first-order chi connectivity index (χ1) is 12.7. The number of rotatable bonds is 4. The van der Waals surface area contributed by atoms with Crippen molar-refractivity contribution in [1.82, 2.24) is 19.9 Å². The lowest BCUT2D eigenvalue weighted by Crippen LogP contribution is -2.25. The van der Waals surface area contributed by atoms with E-state index in [1.807, 2.05) is 30.3 Å². The number of Topliss-reactive ketones (excluding diaryl/α,β-unsaturated/α-hetero) is 1. The molecule has 1 aliphatic heterocycles. The average Bonchev–Trinajstić information content (AvgIpc) is 3.39. The SMILES string of the molecule is O=C1CCn2c(C3CC3C(=O)NCc3ccncc3)nc3cccc1c32. The number of nitrogens with one attached hydrogen (secondary N) is 1. The second kappa shape index (κ2) is 5.76. The summed E-state index contributed by atoms with van der Waals surface area (Å²) in [6.45, 7) is 1.17. The molecular weight excluding hydrogens is 328 g/mol. The number of para-hydroxylation sites is 1. The lowest BCUT2D eigenvalue weighted by Gasteiger charge is -2.15. The van der Waals surface area contributed by atoms with Crippen molar-refractivity contribution in [2.24, 2.45) is 5.92 Å². The normalized spacial score (nSPS) is 21.0. The van der Waals surface area contributed by atoms with Gasteiger partial charge in [0.1, 0.15) is 5.82 Å². The molecular formula is C20H18N4O2. The Bertz CT molecular complexity index is 1020. The highest BCUT2D eigenvalue weighted by atomic mass is 16.2. The summed E-state index contributed by atoms with van der Waals surface area (Å²) in [5.74, 6) is 1.30. The summed E-state index contributed by atoms with van der Waals surface area (Å²) in [7, 11) is 0. The number of imidazole rings is 1. The maximum Gasteiger partial charge on any atom is 0.224 e. The van der Waals surface area contributed by atoms with Crippen molar-refractivity contribution in [3.63, 3.8) is 0 Å². The molecule has 1 saturated carbocycles. The van der Waals surface area contributed by atoms with E-state index in [0.717, 1.165) is 34.4 Å². The Morgan fingerprint density at radius 1 is 1.23 bits per heavy atom. The van der Waals surface area contributed by atoms with Crippen LogP contribution >= 0.6 is 0 Å². The molecule has 3 heterocycles. The van der Waals surface area contributed by atoms with Crippen LogP contribution < -0.4 is 5.32 Å². The maximum absolute atomic E-state index is 12.5. The van der Waals surface area contributed by atoms with E-state index < -0.39 is 0 Å². The third kappa shape index (κ3) is 2.41. The van der Waals surface area contributed by atoms with Crippen molar-refractivity contribution in [2.45, 2.75) is 31.8 Å². The number of hydrogen-bond acceptors (Lipinski definition) is 4. The zero-order valence-corrected chi connectivity index (χ0v) is 14.2. The number of benzene rings is 1. The van der Waals surface area contributed by atoms with Crippen LogP contribution in [-0.2, 0) is 17.9 Å². The zero-order chi connectivity index (χ0) is 17.7. The fourth-order valence-corrected chi connectivity index (χ4v) is 3.88. The Morgan fingerprint density at radius 2 is 2.08 bits per heavy atom. The Labute approximate surface area is 150 Å². The largest absolute Gasteiger partial charge is 0.352 e. The number of aryl methyl sites for hydroxylation is 1. The Hall–Kier alpha value is -3.02. The van der Waals surface area contributed by atoms with Crippen LogP contribution in [0.15, 0.2) is 42.7 Å². The highest BCUT2D eigenvalue weighted by Crippen LogP contribution is 2.48. The maximum atomic E-state index is 12.5. The minimum absolute atomic E-state index is 0.0361. The summed E-state index contributed by atoms with van der Waals surface area (Å²) >= 11 is 0. The van der Waals surface area contributed by atoms with E-state index in [1.54, 1.807) is 12.4 Å². The Balaban J connectivity index is 1.36. The molecule has 6 nitrogen and oxygen atoms in total. The number of ketones is 1. The van der Waals surface area contributed by atoms with Gasteiger partial charge in [-0.15, -0.1) is 0 Å². The van der Waals surface area contributed by atoms with Crippen LogP contribution in [0.25, 0.3) is 11.0 Å². The number of hydrogen-bond donors (Lipinski definition) is 1. The lowest BCUT2D eigenvalue weighted by molar-refractivity contribution is -0.122. The van der Waals surface area contributed by atoms with Crippen molar-refractivity contribution >= 4 is 22.7 Å². The molecule has 0 radical (unpaired) electrons. The molecule has 26 heavy (non-hydrogen) atoms. The standard InChI is InChI=1S/C20H18N4O2/c25-17-6-9-24-18-13(17)2-1-3-16(18)23-19(24)14-10-15(14)20(26)22-11-12-4-7-21-8-5-12/h1-5,7-8,14-15H,6,9-11H2,(H,22,26). The number of carbonyl (C=O) groups is 2. The van der Waals surface area contributed by atoms with Gasteiger partial charge in [0, 0.05) is 49.3 Å². The molecule has 2 unspecified atom stereocenters. The van der Waals surface area contributed by atoms with Crippen LogP contribution in [0.1, 0.15) is 40.5 Å². The number of nitrogens with zero attached hydrogens (tertiary/aromatic N) is 3. The number of carbonyl (C=O) groups excluding carboxylic acids is 2. The molecule has 1 fully saturated rings. The van der Waals surface area contributed by atoms with E-state index in [0.29, 0.717) is 19.5 Å². The third-order valence-electron chi connectivity index (χ3n) is 5.33. The van der Waals surface area contributed by atoms with Crippen LogP contribution in [0.5, 0.6) is 0 Å². The molecule has 0 bridgehead atoms. The molecule has 2 aliphatic rings. The van der Waals surface area contributed by atoms with Crippen molar-refractivity contribution < 1.29 is 9.59 Å². The second-order valence-electron chi connectivity index (χ2n) is 6.99. The molecule has 3 aromatic rings. The number of aromatic nitrogens is 3. The van der Waals surface area contributed by atoms with Gasteiger partial charge >= 0.3 is 0 Å². The predicted octanol–water partition coefficient (Wildman–Crippen LogP) is 2.44. The van der Waals surface area contributed by atoms with Gasteiger partial charge in [-0.1, -0.05) is 6.07 Å². The smallest absolute Gasteiger partial charge is 0.224 e. The van der Waals surface area contributed by atoms with Gasteiger partial charge in [-0.05, 0) is 36.2 Å². The second-order valence-corrected chi connectivity index (χ2v) is 6.99. The van der Waals surface area contributed by atoms with Gasteiger partial charge in [-0.3, -0.25) is 14.6 Å². The molecule has 5 rings (SSSR count). The third-order valence-corrected chi connectivity index (χ3v) is 5.33. The first-order valence-electron chi connectivity index (χ1n) is 8.91. The molecule has 2 aromatic heterocycles. The van der Waals surface area contributed by atoms with Crippen molar-refractivity contribution in [1.29, 1.82) is 0 Å². The fraction of sp³-hybridized carbons (Fsp3) is 0.300. The molecule has 130 valence electrons. The van der Waals surface area contributed by atoms with Gasteiger partial charge in [0.2, 0.25) is 5.91 Å². The van der Waals surface area contributed by atoms with Gasteiger partial charge in [0.15, 0.2) is 5.78 Å². The average molecular weight is 346 g/mol. The molecule has 1 aromatic carbocycles. The summed E-state index contributed by atoms with van der Waals surface area (Å²) in [5, 5.41) is 3.01. The van der Waals surface area contributed by atoms with E-state index in [9.17, 15) is 9.59 Å². The van der Waals surface area contributed by atoms with Gasteiger partial charge in [0.25, 0.3) is 0 Å². The Morgan fingerprint density at radius 3 is 2.92 bits per heavy atom. The summed E-state index contributed by atoms with van der Waals surface area (Å²) in [6.07, 6.45) is 4.76. The van der Waals surface area contributed by atoms with Crippen LogP contribution in [0, 0.1) is 5.92 Å². The van der Waals surface area contributed by atoms with Crippen LogP contribution in [0.4, 0.5) is 0 Å². The first-order valence-corrected chi connectivity index (χ1v) is 8.91. The minimum atomic E-state index is -0.0361. The molecule has 1 amide bonds. The fourth-order valence-electron chi connectivity index (χ4n) is 3.88. The highest BCUT2D eigenvalue weighted by molar-refractivity contribution is 6.07. The van der Waals surface area contributed by atoms with E-state index in [-0.39, 0.29) is 23.5 Å². The minimum Gasteiger partial charge on any atom is -0.352 e. The quantitative estimate of drug-likeness (QED) is 0.787. The van der Waals surface area contributed by atoms with E-state index in [1.165, 1.54) is 0 Å². The molecule has 0 saturated heterocycles. The number of pyridine rings is 1. The monoisotopic (exact) mass is 346 g/mol. The zero-order valence-electron chi connectivity index (χ0n) is 14.2. The van der Waals surface area contributed by atoms with E-state index in [4.69, 9.17) is 4.98 Å². The van der Waals surface area contributed by atoms with Crippen molar-refractivity contribution in [2.75, 3.05) is 0 Å². The number of amides is 1. The van der Waals surface area contributed by atoms with Gasteiger partial charge in [-0.2, -0.15) is 0 Å². The van der Waals surface area contributed by atoms with Crippen LogP contribution in [-0.4, -0.2) is 26.2 Å². The molecule has 2 atom stereocenters. The molecule has 0 spiro atoms.